The molecule has 0 aliphatic heterocycles. The van der Waals surface area contributed by atoms with Crippen molar-refractivity contribution >= 4 is 44.8 Å². The molecule has 0 radical (unpaired) electrons. The van der Waals surface area contributed by atoms with Crippen molar-refractivity contribution in [1.82, 2.24) is 9.97 Å². The van der Waals surface area contributed by atoms with Crippen molar-refractivity contribution in [3.05, 3.63) is 63.7 Å². The molecule has 0 spiro atoms. The molecule has 0 amide bonds. The van der Waals surface area contributed by atoms with Gasteiger partial charge in [-0.2, -0.15) is 0 Å². The van der Waals surface area contributed by atoms with Gasteiger partial charge in [-0.05, 0) is 42.2 Å². The number of hydrogen-bond acceptors (Lipinski definition) is 5. The van der Waals surface area contributed by atoms with Crippen LogP contribution in [0.4, 0.5) is 0 Å². The number of hydrogen-bond donors (Lipinski definition) is 0. The van der Waals surface area contributed by atoms with E-state index in [2.05, 4.69) is 30.7 Å². The quantitative estimate of drug-likeness (QED) is 0.293. The van der Waals surface area contributed by atoms with Gasteiger partial charge in [0.15, 0.2) is 11.5 Å². The van der Waals surface area contributed by atoms with E-state index in [9.17, 15) is 0 Å². The molecule has 0 saturated carbocycles. The first-order valence-corrected chi connectivity index (χ1v) is 11.5. The maximum absolute atomic E-state index is 6.37. The summed E-state index contributed by atoms with van der Waals surface area (Å²) >= 11 is 14.2. The second-order valence-corrected chi connectivity index (χ2v) is 9.84. The third-order valence-corrected chi connectivity index (χ3v) is 6.96. The fourth-order valence-electron chi connectivity index (χ4n) is 3.35. The molecular weight excluding hydrogens is 451 g/mol. The molecule has 0 aliphatic carbocycles. The lowest BCUT2D eigenvalue weighted by molar-refractivity contribution is 0.320. The summed E-state index contributed by atoms with van der Waals surface area (Å²) in [5, 5.41) is 1.86. The minimum Gasteiger partial charge on any atom is -0.490 e. The van der Waals surface area contributed by atoms with Gasteiger partial charge in [-0.25, -0.2) is 9.97 Å². The van der Waals surface area contributed by atoms with Gasteiger partial charge in [0.2, 0.25) is 5.88 Å². The first-order chi connectivity index (χ1) is 14.8. The SMILES string of the molecule is CCOc1ccccc1Oc1ncnc2sc(C(C)(C)C)c(-c3ccc(Cl)c(Cl)c3)c12. The Kier molecular flexibility index (Phi) is 6.11. The Morgan fingerprint density at radius 2 is 1.71 bits per heavy atom. The molecule has 4 nitrogen and oxygen atoms in total. The summed E-state index contributed by atoms with van der Waals surface area (Å²) in [5.74, 6) is 1.75. The molecular formula is C24H22Cl2N2O2S. The van der Waals surface area contributed by atoms with Crippen LogP contribution >= 0.6 is 34.5 Å². The van der Waals surface area contributed by atoms with Crippen molar-refractivity contribution in [3.8, 4) is 28.5 Å². The first kappa shape index (κ1) is 21.9. The van der Waals surface area contributed by atoms with Crippen molar-refractivity contribution < 1.29 is 9.47 Å². The molecule has 4 rings (SSSR count). The number of thiophene rings is 1. The van der Waals surface area contributed by atoms with Crippen LogP contribution in [0, 0.1) is 0 Å². The lowest BCUT2D eigenvalue weighted by Gasteiger charge is -2.19. The first-order valence-electron chi connectivity index (χ1n) is 9.92. The highest BCUT2D eigenvalue weighted by Gasteiger charge is 2.28. The molecule has 0 aliphatic rings. The van der Waals surface area contributed by atoms with Gasteiger partial charge in [-0.1, -0.05) is 62.2 Å². The predicted molar refractivity (Wildman–Crippen MR) is 129 cm³/mol. The van der Waals surface area contributed by atoms with Crippen molar-refractivity contribution in [2.24, 2.45) is 0 Å². The number of ether oxygens (including phenoxy) is 2. The molecule has 2 aromatic carbocycles. The summed E-state index contributed by atoms with van der Waals surface area (Å²) in [6.45, 7) is 9.02. The van der Waals surface area contributed by atoms with Crippen LogP contribution in [-0.4, -0.2) is 16.6 Å². The number of rotatable bonds is 5. The molecule has 0 N–H and O–H groups in total. The van der Waals surface area contributed by atoms with E-state index in [0.717, 1.165) is 21.3 Å². The zero-order valence-corrected chi connectivity index (χ0v) is 20.0. The minimum absolute atomic E-state index is 0.118. The van der Waals surface area contributed by atoms with E-state index < -0.39 is 0 Å². The highest BCUT2D eigenvalue weighted by molar-refractivity contribution is 7.19. The molecule has 7 heteroatoms. The fourth-order valence-corrected chi connectivity index (χ4v) is 4.86. The third kappa shape index (κ3) is 4.36. The van der Waals surface area contributed by atoms with Crippen LogP contribution in [0.3, 0.4) is 0 Å². The molecule has 2 heterocycles. The van der Waals surface area contributed by atoms with E-state index in [1.54, 1.807) is 11.3 Å². The Balaban J connectivity index is 1.96. The van der Waals surface area contributed by atoms with Crippen LogP contribution in [0.25, 0.3) is 21.3 Å². The molecule has 0 fully saturated rings. The molecule has 0 saturated heterocycles. The summed E-state index contributed by atoms with van der Waals surface area (Å²) in [6.07, 6.45) is 1.53. The van der Waals surface area contributed by atoms with Crippen molar-refractivity contribution in [2.45, 2.75) is 33.1 Å². The normalized spacial score (nSPS) is 11.7. The van der Waals surface area contributed by atoms with Crippen molar-refractivity contribution in [1.29, 1.82) is 0 Å². The summed E-state index contributed by atoms with van der Waals surface area (Å²) in [6, 6.07) is 13.2. The summed E-state index contributed by atoms with van der Waals surface area (Å²) in [4.78, 5) is 11.0. The lowest BCUT2D eigenvalue weighted by atomic mass is 9.88. The predicted octanol–water partition coefficient (Wildman–Crippen LogP) is 8.15. The van der Waals surface area contributed by atoms with E-state index in [1.807, 2.05) is 49.4 Å². The minimum atomic E-state index is -0.118. The smallest absolute Gasteiger partial charge is 0.231 e. The molecule has 0 atom stereocenters. The molecule has 31 heavy (non-hydrogen) atoms. The zero-order chi connectivity index (χ0) is 22.2. The Labute approximate surface area is 195 Å². The Hall–Kier alpha value is -2.34. The molecule has 2 aromatic heterocycles. The molecule has 4 aromatic rings. The maximum Gasteiger partial charge on any atom is 0.231 e. The van der Waals surface area contributed by atoms with Crippen LogP contribution in [0.5, 0.6) is 17.4 Å². The monoisotopic (exact) mass is 472 g/mol. The third-order valence-electron chi connectivity index (χ3n) is 4.70. The Morgan fingerprint density at radius 3 is 2.39 bits per heavy atom. The van der Waals surface area contributed by atoms with Gasteiger partial charge in [0.05, 0.1) is 22.0 Å². The standard InChI is InChI=1S/C24H22Cl2N2O2S/c1-5-29-17-8-6-7-9-18(17)30-22-20-19(14-10-11-15(25)16(26)12-14)21(24(2,3)4)31-23(20)28-13-27-22/h6-13H,5H2,1-4H3. The van der Waals surface area contributed by atoms with Gasteiger partial charge < -0.3 is 9.47 Å². The largest absolute Gasteiger partial charge is 0.490 e. The fraction of sp³-hybridized carbons (Fsp3) is 0.250. The summed E-state index contributed by atoms with van der Waals surface area (Å²) < 4.78 is 12.0. The van der Waals surface area contributed by atoms with Crippen LogP contribution in [0.15, 0.2) is 48.8 Å². The van der Waals surface area contributed by atoms with Crippen LogP contribution in [-0.2, 0) is 5.41 Å². The van der Waals surface area contributed by atoms with Crippen LogP contribution in [0.2, 0.25) is 10.0 Å². The van der Waals surface area contributed by atoms with E-state index in [-0.39, 0.29) is 5.41 Å². The number of halogens is 2. The van der Waals surface area contributed by atoms with Gasteiger partial charge >= 0.3 is 0 Å². The topological polar surface area (TPSA) is 44.2 Å². The zero-order valence-electron chi connectivity index (χ0n) is 17.7. The van der Waals surface area contributed by atoms with Gasteiger partial charge in [0.1, 0.15) is 11.2 Å². The van der Waals surface area contributed by atoms with Gasteiger partial charge in [-0.15, -0.1) is 11.3 Å². The van der Waals surface area contributed by atoms with Crippen molar-refractivity contribution in [2.75, 3.05) is 6.61 Å². The van der Waals surface area contributed by atoms with E-state index in [1.165, 1.54) is 11.2 Å². The average molecular weight is 473 g/mol. The number of aromatic nitrogens is 2. The lowest BCUT2D eigenvalue weighted by Crippen LogP contribution is -2.10. The number of para-hydroxylation sites is 2. The maximum atomic E-state index is 6.37. The van der Waals surface area contributed by atoms with Gasteiger partial charge in [0.25, 0.3) is 0 Å². The highest BCUT2D eigenvalue weighted by Crippen LogP contribution is 2.48. The van der Waals surface area contributed by atoms with Crippen LogP contribution in [0.1, 0.15) is 32.6 Å². The summed E-state index contributed by atoms with van der Waals surface area (Å²) in [5.41, 5.74) is 1.84. The second kappa shape index (κ2) is 8.65. The number of benzene rings is 2. The molecule has 160 valence electrons. The Morgan fingerprint density at radius 1 is 0.968 bits per heavy atom. The van der Waals surface area contributed by atoms with Gasteiger partial charge in [0, 0.05) is 10.4 Å². The summed E-state index contributed by atoms with van der Waals surface area (Å²) in [7, 11) is 0. The number of fused-ring (bicyclic) bond motifs is 1. The van der Waals surface area contributed by atoms with E-state index >= 15 is 0 Å². The molecule has 0 bridgehead atoms. The van der Waals surface area contributed by atoms with Gasteiger partial charge in [-0.3, -0.25) is 0 Å². The van der Waals surface area contributed by atoms with Crippen LogP contribution < -0.4 is 9.47 Å². The second-order valence-electron chi connectivity index (χ2n) is 8.03. The van der Waals surface area contributed by atoms with Crippen molar-refractivity contribution in [3.63, 3.8) is 0 Å². The Bertz CT molecular complexity index is 1250. The average Bonchev–Trinajstić information content (AvgIpc) is 3.13. The van der Waals surface area contributed by atoms with E-state index in [0.29, 0.717) is 34.0 Å². The molecule has 0 unspecified atom stereocenters. The van der Waals surface area contributed by atoms with E-state index in [4.69, 9.17) is 32.7 Å². The highest BCUT2D eigenvalue weighted by atomic mass is 35.5. The number of nitrogens with zero attached hydrogens (tertiary/aromatic N) is 2.